The zero-order valence-corrected chi connectivity index (χ0v) is 21.0. The van der Waals surface area contributed by atoms with E-state index in [2.05, 4.69) is 4.72 Å². The van der Waals surface area contributed by atoms with E-state index < -0.39 is 56.3 Å². The topological polar surface area (TPSA) is 75.7 Å². The van der Waals surface area contributed by atoms with Gasteiger partial charge in [-0.25, -0.2) is 26.3 Å². The highest BCUT2D eigenvalue weighted by Gasteiger charge is 2.62. The molecule has 6 nitrogen and oxygen atoms in total. The Morgan fingerprint density at radius 1 is 1.17 bits per heavy atom. The minimum atomic E-state index is -3.67. The summed E-state index contributed by atoms with van der Waals surface area (Å²) in [7, 11) is -3.67. The molecule has 1 saturated carbocycles. The molecule has 0 radical (unpaired) electrons. The van der Waals surface area contributed by atoms with Crippen molar-refractivity contribution in [1.82, 2.24) is 9.62 Å². The van der Waals surface area contributed by atoms with Crippen molar-refractivity contribution in [1.29, 1.82) is 0 Å². The van der Waals surface area contributed by atoms with E-state index in [1.165, 1.54) is 6.07 Å². The number of halogens is 3. The maximum atomic E-state index is 15.7. The molecular formula is C26H29F3N2O4S. The third kappa shape index (κ3) is 4.54. The van der Waals surface area contributed by atoms with E-state index in [9.17, 15) is 22.0 Å². The molecule has 1 unspecified atom stereocenters. The van der Waals surface area contributed by atoms with Crippen molar-refractivity contribution >= 4 is 15.9 Å². The summed E-state index contributed by atoms with van der Waals surface area (Å²) in [5, 5.41) is -0.670. The van der Waals surface area contributed by atoms with Gasteiger partial charge in [-0.1, -0.05) is 18.2 Å². The first kappa shape index (κ1) is 25.2. The van der Waals surface area contributed by atoms with Crippen LogP contribution in [0, 0.1) is 22.9 Å². The molecular weight excluding hydrogens is 493 g/mol. The smallest absolute Gasteiger partial charge is 0.252 e. The largest absolute Gasteiger partial charge is 0.368 e. The first-order chi connectivity index (χ1) is 17.0. The third-order valence-corrected chi connectivity index (χ3v) is 9.50. The molecule has 1 N–H and O–H groups in total. The van der Waals surface area contributed by atoms with E-state index in [1.54, 1.807) is 30.9 Å². The van der Waals surface area contributed by atoms with Crippen LogP contribution in [0.5, 0.6) is 0 Å². The van der Waals surface area contributed by atoms with Crippen LogP contribution in [0.1, 0.15) is 38.7 Å². The maximum Gasteiger partial charge on any atom is 0.252 e. The second-order valence-corrected chi connectivity index (χ2v) is 12.6. The Hall–Kier alpha value is -2.43. The fourth-order valence-electron chi connectivity index (χ4n) is 5.27. The Bertz CT molecular complexity index is 1270. The summed E-state index contributed by atoms with van der Waals surface area (Å²) < 4.78 is 77.3. The zero-order valence-electron chi connectivity index (χ0n) is 20.1. The van der Waals surface area contributed by atoms with Crippen LogP contribution in [0.2, 0.25) is 0 Å². The lowest BCUT2D eigenvalue weighted by Gasteiger charge is -2.34. The number of likely N-dealkylation sites (tertiary alicyclic amines) is 1. The number of nitrogens with one attached hydrogen (secondary N) is 1. The van der Waals surface area contributed by atoms with Gasteiger partial charge >= 0.3 is 0 Å². The summed E-state index contributed by atoms with van der Waals surface area (Å²) in [4.78, 5) is 14.9. The van der Waals surface area contributed by atoms with Crippen LogP contribution in [-0.4, -0.2) is 55.8 Å². The van der Waals surface area contributed by atoms with E-state index in [1.807, 2.05) is 0 Å². The fraction of sp³-hybridized carbons (Fsp3) is 0.500. The van der Waals surface area contributed by atoms with Crippen molar-refractivity contribution in [2.75, 3.05) is 13.2 Å². The molecule has 5 rings (SSSR count). The van der Waals surface area contributed by atoms with E-state index in [4.69, 9.17) is 4.74 Å². The molecule has 1 amide bonds. The monoisotopic (exact) mass is 522 g/mol. The fourth-order valence-corrected chi connectivity index (χ4v) is 6.30. The Kier molecular flexibility index (Phi) is 6.41. The van der Waals surface area contributed by atoms with Crippen molar-refractivity contribution in [3.63, 3.8) is 0 Å². The minimum Gasteiger partial charge on any atom is -0.368 e. The van der Waals surface area contributed by atoms with E-state index in [0.29, 0.717) is 19.6 Å². The van der Waals surface area contributed by atoms with Crippen molar-refractivity contribution in [3.05, 3.63) is 59.4 Å². The molecule has 194 valence electrons. The van der Waals surface area contributed by atoms with Crippen molar-refractivity contribution in [3.8, 4) is 11.1 Å². The lowest BCUT2D eigenvalue weighted by atomic mass is 9.91. The quantitative estimate of drug-likeness (QED) is 0.601. The second kappa shape index (κ2) is 9.15. The van der Waals surface area contributed by atoms with Gasteiger partial charge in [-0.15, -0.1) is 0 Å². The van der Waals surface area contributed by atoms with Gasteiger partial charge < -0.3 is 9.64 Å². The summed E-state index contributed by atoms with van der Waals surface area (Å²) in [6.45, 7) is 4.03. The summed E-state index contributed by atoms with van der Waals surface area (Å²) in [5.74, 6) is -2.51. The van der Waals surface area contributed by atoms with Crippen molar-refractivity contribution in [2.24, 2.45) is 5.41 Å². The lowest BCUT2D eigenvalue weighted by molar-refractivity contribution is -0.157. The van der Waals surface area contributed by atoms with E-state index >= 15 is 4.39 Å². The predicted molar refractivity (Wildman–Crippen MR) is 128 cm³/mol. The van der Waals surface area contributed by atoms with Crippen LogP contribution in [0.4, 0.5) is 13.2 Å². The average Bonchev–Trinajstić information content (AvgIpc) is 3.48. The Labute approximate surface area is 208 Å². The Morgan fingerprint density at radius 2 is 1.83 bits per heavy atom. The molecule has 2 saturated heterocycles. The standard InChI is InChI=1S/C26H29F3N2O4S/c1-15(2)36(33,34)30-24-21(31(14-26(24)7-8-26)25(32)22-6-9-35-22)12-16-4-3-5-20(23(16)29)17-10-18(27)13-19(28)11-17/h3-5,10-11,13,15,21-22,24,30H,6-9,12,14H2,1-2H3/t21-,22?,24+/m0/s1. The molecule has 36 heavy (non-hydrogen) atoms. The molecule has 2 aliphatic heterocycles. The summed E-state index contributed by atoms with van der Waals surface area (Å²) >= 11 is 0. The van der Waals surface area contributed by atoms with Crippen LogP contribution in [0.25, 0.3) is 11.1 Å². The summed E-state index contributed by atoms with van der Waals surface area (Å²) in [5.41, 5.74) is -0.0680. The van der Waals surface area contributed by atoms with Gasteiger partial charge in [0.15, 0.2) is 0 Å². The number of carbonyl (C=O) groups excluding carboxylic acids is 1. The minimum absolute atomic E-state index is 0.0320. The van der Waals surface area contributed by atoms with Crippen molar-refractivity contribution in [2.45, 2.75) is 63.0 Å². The predicted octanol–water partition coefficient (Wildman–Crippen LogP) is 3.79. The van der Waals surface area contributed by atoms with Crippen LogP contribution in [0.15, 0.2) is 36.4 Å². The van der Waals surface area contributed by atoms with Gasteiger partial charge in [-0.2, -0.15) is 0 Å². The Balaban J connectivity index is 1.52. The molecule has 0 bridgehead atoms. The number of sulfonamides is 1. The molecule has 2 aromatic carbocycles. The van der Waals surface area contributed by atoms with Gasteiger partial charge in [0, 0.05) is 36.1 Å². The zero-order chi connectivity index (χ0) is 25.8. The number of ether oxygens (including phenoxy) is 1. The highest BCUT2D eigenvalue weighted by atomic mass is 32.2. The van der Waals surface area contributed by atoms with Gasteiger partial charge in [-0.3, -0.25) is 4.79 Å². The molecule has 3 aliphatic rings. The van der Waals surface area contributed by atoms with Gasteiger partial charge in [0.2, 0.25) is 10.0 Å². The Morgan fingerprint density at radius 3 is 2.39 bits per heavy atom. The van der Waals surface area contributed by atoms with Crippen molar-refractivity contribution < 1.29 is 31.1 Å². The molecule has 3 atom stereocenters. The number of nitrogens with zero attached hydrogens (tertiary/aromatic N) is 1. The molecule has 3 fully saturated rings. The highest BCUT2D eigenvalue weighted by Crippen LogP contribution is 2.56. The number of carbonyl (C=O) groups is 1. The van der Waals surface area contributed by atoms with E-state index in [-0.39, 0.29) is 29.0 Å². The number of benzene rings is 2. The van der Waals surface area contributed by atoms with Gasteiger partial charge in [0.25, 0.3) is 5.91 Å². The number of hydrogen-bond acceptors (Lipinski definition) is 4. The maximum absolute atomic E-state index is 15.7. The molecule has 1 spiro atoms. The first-order valence-electron chi connectivity index (χ1n) is 12.2. The number of rotatable bonds is 7. The second-order valence-electron chi connectivity index (χ2n) is 10.4. The molecule has 2 heterocycles. The molecule has 0 aromatic heterocycles. The third-order valence-electron chi connectivity index (χ3n) is 7.67. The first-order valence-corrected chi connectivity index (χ1v) is 13.7. The number of hydrogen-bond donors (Lipinski definition) is 1. The lowest BCUT2D eigenvalue weighted by Crippen LogP contribution is -2.53. The van der Waals surface area contributed by atoms with Crippen LogP contribution in [-0.2, 0) is 26.0 Å². The highest BCUT2D eigenvalue weighted by molar-refractivity contribution is 7.90. The van der Waals surface area contributed by atoms with E-state index in [0.717, 1.165) is 31.0 Å². The van der Waals surface area contributed by atoms with Crippen LogP contribution >= 0.6 is 0 Å². The van der Waals surface area contributed by atoms with Gasteiger partial charge in [0.1, 0.15) is 23.6 Å². The average molecular weight is 523 g/mol. The van der Waals surface area contributed by atoms with Crippen LogP contribution < -0.4 is 4.72 Å². The summed E-state index contributed by atoms with van der Waals surface area (Å²) in [6.07, 6.45) is 1.58. The van der Waals surface area contributed by atoms with Crippen LogP contribution in [0.3, 0.4) is 0 Å². The van der Waals surface area contributed by atoms with Gasteiger partial charge in [0.05, 0.1) is 17.9 Å². The number of amides is 1. The SMILES string of the molecule is CC(C)S(=O)(=O)N[C@@H]1[C@H](Cc2cccc(-c3cc(F)cc(F)c3)c2F)N(C(=O)C2CCO2)CC12CC2. The summed E-state index contributed by atoms with van der Waals surface area (Å²) in [6, 6.07) is 6.21. The molecule has 2 aromatic rings. The molecule has 1 aliphatic carbocycles. The normalized spacial score (nSPS) is 24.8. The van der Waals surface area contributed by atoms with Gasteiger partial charge in [-0.05, 0) is 56.4 Å². The molecule has 10 heteroatoms.